The predicted octanol–water partition coefficient (Wildman–Crippen LogP) is 7.42. The van der Waals surface area contributed by atoms with E-state index in [-0.39, 0.29) is 11.9 Å². The largest absolute Gasteiger partial charge is 0.493 e. The van der Waals surface area contributed by atoms with E-state index in [4.69, 9.17) is 9.73 Å². The molecular weight excluding hydrogens is 440 g/mol. The van der Waals surface area contributed by atoms with E-state index in [9.17, 15) is 4.79 Å². The Morgan fingerprint density at radius 2 is 1.74 bits per heavy atom. The van der Waals surface area contributed by atoms with Crippen molar-refractivity contribution in [2.24, 2.45) is 10.9 Å². The summed E-state index contributed by atoms with van der Waals surface area (Å²) in [6.07, 6.45) is 6.60. The van der Waals surface area contributed by atoms with E-state index in [0.29, 0.717) is 12.5 Å². The summed E-state index contributed by atoms with van der Waals surface area (Å²) in [4.78, 5) is 21.4. The molecule has 1 aliphatic carbocycles. The molecule has 0 bridgehead atoms. The molecule has 2 atom stereocenters. The number of rotatable bonds is 5. The second-order valence-corrected chi connectivity index (χ2v) is 9.99. The number of hydrogen-bond acceptors (Lipinski definition) is 4. The summed E-state index contributed by atoms with van der Waals surface area (Å²) in [5, 5.41) is 2.93. The van der Waals surface area contributed by atoms with Gasteiger partial charge in [0.05, 0.1) is 17.2 Å². The van der Waals surface area contributed by atoms with Crippen molar-refractivity contribution in [2.75, 3.05) is 6.61 Å². The van der Waals surface area contributed by atoms with Gasteiger partial charge in [-0.25, -0.2) is 4.99 Å². The molecule has 4 nitrogen and oxygen atoms in total. The van der Waals surface area contributed by atoms with Crippen LogP contribution in [0.2, 0.25) is 0 Å². The number of amides is 1. The third kappa shape index (κ3) is 4.49. The Bertz CT molecular complexity index is 1250. The number of thioether (sulfide) groups is 1. The average molecular weight is 471 g/mol. The molecule has 0 radical (unpaired) electrons. The molecule has 3 aromatic carbocycles. The van der Waals surface area contributed by atoms with Crippen LogP contribution in [0, 0.1) is 5.92 Å². The van der Waals surface area contributed by atoms with Gasteiger partial charge < -0.3 is 4.74 Å². The van der Waals surface area contributed by atoms with E-state index < -0.39 is 0 Å². The summed E-state index contributed by atoms with van der Waals surface area (Å²) in [7, 11) is 0. The van der Waals surface area contributed by atoms with E-state index in [1.54, 1.807) is 0 Å². The third-order valence-electron chi connectivity index (χ3n) is 6.72. The number of benzene rings is 3. The van der Waals surface area contributed by atoms with Crippen molar-refractivity contribution in [3.63, 3.8) is 0 Å². The molecule has 34 heavy (non-hydrogen) atoms. The van der Waals surface area contributed by atoms with Crippen molar-refractivity contribution in [1.82, 2.24) is 4.90 Å². The number of carbonyl (C=O) groups is 1. The molecule has 5 heteroatoms. The molecule has 2 aliphatic rings. The predicted molar refractivity (Wildman–Crippen MR) is 142 cm³/mol. The topological polar surface area (TPSA) is 41.9 Å². The average Bonchev–Trinajstić information content (AvgIpc) is 3.16. The van der Waals surface area contributed by atoms with Crippen molar-refractivity contribution < 1.29 is 9.53 Å². The van der Waals surface area contributed by atoms with Gasteiger partial charge in [-0.3, -0.25) is 9.69 Å². The van der Waals surface area contributed by atoms with Gasteiger partial charge in [-0.1, -0.05) is 68.3 Å². The van der Waals surface area contributed by atoms with E-state index >= 15 is 0 Å². The third-order valence-corrected chi connectivity index (χ3v) is 7.70. The van der Waals surface area contributed by atoms with Gasteiger partial charge in [-0.2, -0.15) is 0 Å². The zero-order valence-corrected chi connectivity index (χ0v) is 20.6. The molecule has 5 rings (SSSR count). The van der Waals surface area contributed by atoms with Gasteiger partial charge in [0, 0.05) is 11.4 Å². The molecule has 3 aromatic rings. The van der Waals surface area contributed by atoms with Crippen LogP contribution in [0.4, 0.5) is 5.69 Å². The first-order chi connectivity index (χ1) is 16.7. The van der Waals surface area contributed by atoms with Crippen LogP contribution in [-0.4, -0.2) is 28.6 Å². The molecule has 1 saturated carbocycles. The zero-order chi connectivity index (χ0) is 23.5. The lowest BCUT2D eigenvalue weighted by Gasteiger charge is -2.35. The maximum Gasteiger partial charge on any atom is 0.267 e. The summed E-state index contributed by atoms with van der Waals surface area (Å²) in [6.45, 7) is 4.88. The molecule has 2 fully saturated rings. The fourth-order valence-corrected chi connectivity index (χ4v) is 6.03. The SMILES string of the molecule is CCOc1ccc(/C=C2\SC(=Nc3ccccc3)N([C@@H]3CCCC[C@H]3C)C2=O)c2ccccc12. The number of amidine groups is 1. The highest BCUT2D eigenvalue weighted by atomic mass is 32.2. The van der Waals surface area contributed by atoms with Crippen molar-refractivity contribution in [3.8, 4) is 5.75 Å². The Morgan fingerprint density at radius 3 is 2.50 bits per heavy atom. The second-order valence-electron chi connectivity index (χ2n) is 8.98. The standard InChI is InChI=1S/C29H30N2O2S/c1-3-33-26-18-17-21(23-14-8-9-15-24(23)26)19-27-28(32)31(25-16-10-7-11-20(25)2)29(34-27)30-22-12-5-4-6-13-22/h4-6,8-9,12-15,17-20,25H,3,7,10-11,16H2,1-2H3/b27-19-,30-29?/t20-,25-/m1/s1. The first kappa shape index (κ1) is 22.7. The van der Waals surface area contributed by atoms with Crippen molar-refractivity contribution in [2.45, 2.75) is 45.6 Å². The Morgan fingerprint density at radius 1 is 1.00 bits per heavy atom. The van der Waals surface area contributed by atoms with Gasteiger partial charge in [0.25, 0.3) is 5.91 Å². The zero-order valence-electron chi connectivity index (χ0n) is 19.7. The highest BCUT2D eigenvalue weighted by Gasteiger charge is 2.41. The van der Waals surface area contributed by atoms with Crippen molar-refractivity contribution >= 4 is 45.4 Å². The van der Waals surface area contributed by atoms with Gasteiger partial charge in [-0.15, -0.1) is 0 Å². The minimum atomic E-state index is 0.0661. The molecular formula is C29H30N2O2S. The highest BCUT2D eigenvalue weighted by Crippen LogP contribution is 2.41. The number of fused-ring (bicyclic) bond motifs is 1. The summed E-state index contributed by atoms with van der Waals surface area (Å²) in [5.74, 6) is 1.40. The summed E-state index contributed by atoms with van der Waals surface area (Å²) in [5.41, 5.74) is 1.89. The lowest BCUT2D eigenvalue weighted by molar-refractivity contribution is -0.124. The van der Waals surface area contributed by atoms with Crippen LogP contribution < -0.4 is 4.74 Å². The lowest BCUT2D eigenvalue weighted by Crippen LogP contribution is -2.44. The minimum Gasteiger partial charge on any atom is -0.493 e. The lowest BCUT2D eigenvalue weighted by atomic mass is 9.85. The van der Waals surface area contributed by atoms with E-state index in [1.165, 1.54) is 18.2 Å². The molecule has 174 valence electrons. The fourth-order valence-electron chi connectivity index (χ4n) is 4.99. The van der Waals surface area contributed by atoms with E-state index in [2.05, 4.69) is 19.1 Å². The van der Waals surface area contributed by atoms with Crippen LogP contribution in [0.15, 0.2) is 76.6 Å². The maximum absolute atomic E-state index is 13.8. The molecule has 0 N–H and O–H groups in total. The van der Waals surface area contributed by atoms with Crippen LogP contribution in [-0.2, 0) is 4.79 Å². The van der Waals surface area contributed by atoms with E-state index in [0.717, 1.165) is 57.1 Å². The van der Waals surface area contributed by atoms with Crippen molar-refractivity contribution in [1.29, 1.82) is 0 Å². The first-order valence-corrected chi connectivity index (χ1v) is 13.0. The van der Waals surface area contributed by atoms with Crippen LogP contribution >= 0.6 is 11.8 Å². The summed E-state index contributed by atoms with van der Waals surface area (Å²) in [6, 6.07) is 22.4. The Balaban J connectivity index is 1.57. The molecule has 1 heterocycles. The number of ether oxygens (including phenoxy) is 1. The number of para-hydroxylation sites is 1. The van der Waals surface area contributed by atoms with Gasteiger partial charge in [-0.05, 0) is 72.7 Å². The molecule has 0 unspecified atom stereocenters. The van der Waals surface area contributed by atoms with Crippen LogP contribution in [0.5, 0.6) is 5.75 Å². The molecule has 1 saturated heterocycles. The van der Waals surface area contributed by atoms with Gasteiger partial charge >= 0.3 is 0 Å². The Labute approximate surface area is 205 Å². The van der Waals surface area contributed by atoms with Crippen LogP contribution in [0.3, 0.4) is 0 Å². The van der Waals surface area contributed by atoms with Crippen LogP contribution in [0.1, 0.15) is 45.1 Å². The quantitative estimate of drug-likeness (QED) is 0.364. The second kappa shape index (κ2) is 10.1. The smallest absolute Gasteiger partial charge is 0.267 e. The molecule has 0 spiro atoms. The highest BCUT2D eigenvalue weighted by molar-refractivity contribution is 8.18. The minimum absolute atomic E-state index is 0.0661. The summed E-state index contributed by atoms with van der Waals surface area (Å²) >= 11 is 1.49. The normalized spacial score (nSPS) is 23.2. The molecule has 1 amide bonds. The number of hydrogen-bond donors (Lipinski definition) is 0. The molecule has 0 aromatic heterocycles. The van der Waals surface area contributed by atoms with Crippen molar-refractivity contribution in [3.05, 3.63) is 77.2 Å². The number of nitrogens with zero attached hydrogens (tertiary/aromatic N) is 2. The monoisotopic (exact) mass is 470 g/mol. The first-order valence-electron chi connectivity index (χ1n) is 12.2. The number of carbonyl (C=O) groups excluding carboxylic acids is 1. The Kier molecular flexibility index (Phi) is 6.73. The van der Waals surface area contributed by atoms with Gasteiger partial charge in [0.15, 0.2) is 5.17 Å². The van der Waals surface area contributed by atoms with Gasteiger partial charge in [0.1, 0.15) is 5.75 Å². The number of aliphatic imine (C=N–C) groups is 1. The van der Waals surface area contributed by atoms with Crippen LogP contribution in [0.25, 0.3) is 16.8 Å². The fraction of sp³-hybridized carbons (Fsp3) is 0.310. The summed E-state index contributed by atoms with van der Waals surface area (Å²) < 4.78 is 5.84. The van der Waals surface area contributed by atoms with Gasteiger partial charge in [0.2, 0.25) is 0 Å². The van der Waals surface area contributed by atoms with E-state index in [1.807, 2.05) is 72.5 Å². The molecule has 1 aliphatic heterocycles. The Hall–Kier alpha value is -3.05. The maximum atomic E-state index is 13.8.